The summed E-state index contributed by atoms with van der Waals surface area (Å²) < 4.78 is 40.3. The van der Waals surface area contributed by atoms with Crippen LogP contribution < -0.4 is 0 Å². The maximum Gasteiger partial charge on any atom is 0.416 e. The van der Waals surface area contributed by atoms with Gasteiger partial charge in [0.05, 0.1) is 17.0 Å². The Kier molecular flexibility index (Phi) is 5.05. The Morgan fingerprint density at radius 1 is 0.667 bits per heavy atom. The molecule has 0 spiro atoms. The van der Waals surface area contributed by atoms with Crippen molar-refractivity contribution >= 4 is 11.4 Å². The van der Waals surface area contributed by atoms with E-state index in [9.17, 15) is 13.2 Å². The van der Waals surface area contributed by atoms with Crippen LogP contribution in [0.25, 0.3) is 11.1 Å². The number of nitrogens with zero attached hydrogens (tertiary/aromatic N) is 1. The SMILES string of the molecule is CC(C)c1cccc(C(C)C)c1N=C1c2ccccc2-c2ccc(C(F)(F)F)cc21. The van der Waals surface area contributed by atoms with Crippen molar-refractivity contribution < 1.29 is 13.2 Å². The Balaban J connectivity index is 2.02. The van der Waals surface area contributed by atoms with Gasteiger partial charge in [-0.2, -0.15) is 13.2 Å². The molecule has 0 bridgehead atoms. The van der Waals surface area contributed by atoms with Gasteiger partial charge in [0, 0.05) is 11.1 Å². The van der Waals surface area contributed by atoms with E-state index in [0.29, 0.717) is 11.3 Å². The second-order valence-corrected chi connectivity index (χ2v) is 8.36. The molecule has 1 nitrogen and oxygen atoms in total. The number of halogens is 3. The zero-order chi connectivity index (χ0) is 21.6. The molecule has 154 valence electrons. The fraction of sp³-hybridized carbons (Fsp3) is 0.269. The highest BCUT2D eigenvalue weighted by Crippen LogP contribution is 2.43. The largest absolute Gasteiger partial charge is 0.416 e. The minimum absolute atomic E-state index is 0.251. The third-order valence-electron chi connectivity index (χ3n) is 5.64. The number of aliphatic imine (C=N–C) groups is 1. The minimum Gasteiger partial charge on any atom is -0.247 e. The Morgan fingerprint density at radius 2 is 1.23 bits per heavy atom. The molecule has 0 saturated heterocycles. The van der Waals surface area contributed by atoms with Crippen molar-refractivity contribution in [2.45, 2.75) is 45.7 Å². The highest BCUT2D eigenvalue weighted by molar-refractivity contribution is 6.25. The lowest BCUT2D eigenvalue weighted by atomic mass is 9.92. The molecule has 0 aliphatic heterocycles. The van der Waals surface area contributed by atoms with Crippen LogP contribution in [0.4, 0.5) is 18.9 Å². The molecule has 30 heavy (non-hydrogen) atoms. The van der Waals surface area contributed by atoms with Crippen molar-refractivity contribution in [2.24, 2.45) is 4.99 Å². The molecular weight excluding hydrogens is 383 g/mol. The Labute approximate surface area is 175 Å². The summed E-state index contributed by atoms with van der Waals surface area (Å²) in [5.41, 5.74) is 6.18. The van der Waals surface area contributed by atoms with Crippen LogP contribution in [0.15, 0.2) is 65.7 Å². The van der Waals surface area contributed by atoms with E-state index >= 15 is 0 Å². The van der Waals surface area contributed by atoms with Crippen LogP contribution in [0.1, 0.15) is 67.3 Å². The summed E-state index contributed by atoms with van der Waals surface area (Å²) >= 11 is 0. The molecule has 4 heteroatoms. The van der Waals surface area contributed by atoms with Gasteiger partial charge in [0.15, 0.2) is 0 Å². The molecule has 1 aliphatic carbocycles. The van der Waals surface area contributed by atoms with E-state index in [4.69, 9.17) is 4.99 Å². The van der Waals surface area contributed by atoms with Gasteiger partial charge in [-0.25, -0.2) is 4.99 Å². The molecule has 0 saturated carbocycles. The molecule has 0 unspecified atom stereocenters. The zero-order valence-electron chi connectivity index (χ0n) is 17.5. The Morgan fingerprint density at radius 3 is 1.80 bits per heavy atom. The van der Waals surface area contributed by atoms with E-state index in [1.54, 1.807) is 6.07 Å². The second kappa shape index (κ2) is 7.42. The lowest BCUT2D eigenvalue weighted by molar-refractivity contribution is -0.137. The Hall–Kier alpha value is -2.88. The first-order chi connectivity index (χ1) is 14.2. The number of benzene rings is 3. The second-order valence-electron chi connectivity index (χ2n) is 8.36. The monoisotopic (exact) mass is 407 g/mol. The number of hydrogen-bond acceptors (Lipinski definition) is 1. The maximum atomic E-state index is 13.4. The van der Waals surface area contributed by atoms with Gasteiger partial charge in [-0.15, -0.1) is 0 Å². The summed E-state index contributed by atoms with van der Waals surface area (Å²) in [5, 5.41) is 0. The average Bonchev–Trinajstić information content (AvgIpc) is 3.00. The van der Waals surface area contributed by atoms with E-state index in [-0.39, 0.29) is 11.8 Å². The van der Waals surface area contributed by atoms with Crippen molar-refractivity contribution in [1.82, 2.24) is 0 Å². The number of rotatable bonds is 3. The summed E-state index contributed by atoms with van der Waals surface area (Å²) in [6.45, 7) is 8.45. The van der Waals surface area contributed by atoms with E-state index in [0.717, 1.165) is 39.6 Å². The van der Waals surface area contributed by atoms with E-state index in [2.05, 4.69) is 39.8 Å². The van der Waals surface area contributed by atoms with Gasteiger partial charge >= 0.3 is 6.18 Å². The highest BCUT2D eigenvalue weighted by Gasteiger charge is 2.34. The molecule has 3 aromatic carbocycles. The highest BCUT2D eigenvalue weighted by atomic mass is 19.4. The smallest absolute Gasteiger partial charge is 0.247 e. The molecule has 3 aromatic rings. The van der Waals surface area contributed by atoms with Crippen LogP contribution in [-0.4, -0.2) is 5.71 Å². The van der Waals surface area contributed by atoms with Crippen molar-refractivity contribution in [3.05, 3.63) is 88.5 Å². The third-order valence-corrected chi connectivity index (χ3v) is 5.64. The topological polar surface area (TPSA) is 12.4 Å². The predicted octanol–water partition coefficient (Wildman–Crippen LogP) is 8.10. The molecule has 0 atom stereocenters. The van der Waals surface area contributed by atoms with Gasteiger partial charge in [-0.05, 0) is 46.2 Å². The van der Waals surface area contributed by atoms with Crippen LogP contribution in [0, 0.1) is 0 Å². The average molecular weight is 407 g/mol. The lowest BCUT2D eigenvalue weighted by Gasteiger charge is -2.17. The van der Waals surface area contributed by atoms with Crippen LogP contribution in [0.3, 0.4) is 0 Å². The van der Waals surface area contributed by atoms with E-state index in [1.807, 2.05) is 30.3 Å². The van der Waals surface area contributed by atoms with Crippen LogP contribution in [0.5, 0.6) is 0 Å². The molecule has 0 amide bonds. The molecule has 0 radical (unpaired) electrons. The summed E-state index contributed by atoms with van der Waals surface area (Å²) in [4.78, 5) is 5.06. The fourth-order valence-corrected chi connectivity index (χ4v) is 4.09. The third kappa shape index (κ3) is 3.45. The molecule has 1 aliphatic rings. The molecule has 0 heterocycles. The van der Waals surface area contributed by atoms with Gasteiger partial charge in [0.2, 0.25) is 0 Å². The molecular formula is C26H24F3N. The standard InChI is InChI=1S/C26H24F3N/c1-15(2)18-10-7-11-19(16(3)4)24(18)30-25-22-9-6-5-8-20(22)21-13-12-17(14-23(21)25)26(27,28)29/h5-16H,1-4H3. The zero-order valence-corrected chi connectivity index (χ0v) is 17.5. The molecule has 0 N–H and O–H groups in total. The van der Waals surface area contributed by atoms with Crippen molar-refractivity contribution in [3.63, 3.8) is 0 Å². The normalized spacial score (nSPS) is 14.5. The number of para-hydroxylation sites is 1. The van der Waals surface area contributed by atoms with Gasteiger partial charge < -0.3 is 0 Å². The fourth-order valence-electron chi connectivity index (χ4n) is 4.09. The first kappa shape index (κ1) is 20.4. The number of alkyl halides is 3. The van der Waals surface area contributed by atoms with Gasteiger partial charge in [0.1, 0.15) is 0 Å². The summed E-state index contributed by atoms with van der Waals surface area (Å²) in [5.74, 6) is 0.501. The molecule has 0 fully saturated rings. The van der Waals surface area contributed by atoms with E-state index < -0.39 is 11.7 Å². The van der Waals surface area contributed by atoms with Crippen LogP contribution >= 0.6 is 0 Å². The van der Waals surface area contributed by atoms with Crippen LogP contribution in [-0.2, 0) is 6.18 Å². The molecule has 4 rings (SSSR count). The first-order valence-corrected chi connectivity index (χ1v) is 10.2. The van der Waals surface area contributed by atoms with Gasteiger partial charge in [-0.3, -0.25) is 0 Å². The number of hydrogen-bond donors (Lipinski definition) is 0. The maximum absolute atomic E-state index is 13.4. The predicted molar refractivity (Wildman–Crippen MR) is 117 cm³/mol. The van der Waals surface area contributed by atoms with E-state index in [1.165, 1.54) is 6.07 Å². The lowest BCUT2D eigenvalue weighted by Crippen LogP contribution is -2.07. The van der Waals surface area contributed by atoms with Crippen LogP contribution in [0.2, 0.25) is 0 Å². The summed E-state index contributed by atoms with van der Waals surface area (Å²) in [7, 11) is 0. The molecule has 0 aromatic heterocycles. The van der Waals surface area contributed by atoms with Gasteiger partial charge in [-0.1, -0.05) is 76.2 Å². The number of fused-ring (bicyclic) bond motifs is 3. The van der Waals surface area contributed by atoms with Crippen molar-refractivity contribution in [2.75, 3.05) is 0 Å². The van der Waals surface area contributed by atoms with Gasteiger partial charge in [0.25, 0.3) is 0 Å². The summed E-state index contributed by atoms with van der Waals surface area (Å²) in [6, 6.07) is 17.8. The summed E-state index contributed by atoms with van der Waals surface area (Å²) in [6.07, 6.45) is -4.39. The Bertz CT molecular complexity index is 1110. The van der Waals surface area contributed by atoms with Crippen molar-refractivity contribution in [1.29, 1.82) is 0 Å². The minimum atomic E-state index is -4.39. The first-order valence-electron chi connectivity index (χ1n) is 10.2. The van der Waals surface area contributed by atoms with Crippen molar-refractivity contribution in [3.8, 4) is 11.1 Å². The quantitative estimate of drug-likeness (QED) is 0.325.